The molecular weight excluding hydrogens is 290 g/mol. The number of aromatic nitrogens is 2. The van der Waals surface area contributed by atoms with E-state index in [-0.39, 0.29) is 10.8 Å². The molecule has 0 aliphatic heterocycles. The number of sulfone groups is 1. The number of nitrogens with one attached hydrogen (secondary N) is 2. The Hall–Kier alpha value is -2.15. The van der Waals surface area contributed by atoms with E-state index >= 15 is 0 Å². The van der Waals surface area contributed by atoms with Crippen LogP contribution < -0.4 is 5.32 Å². The van der Waals surface area contributed by atoms with Crippen molar-refractivity contribution in [2.75, 3.05) is 11.6 Å². The Morgan fingerprint density at radius 1 is 1.33 bits per heavy atom. The van der Waals surface area contributed by atoms with E-state index < -0.39 is 9.84 Å². The van der Waals surface area contributed by atoms with Crippen molar-refractivity contribution < 1.29 is 13.2 Å². The van der Waals surface area contributed by atoms with Crippen LogP contribution >= 0.6 is 0 Å². The number of carbonyl (C=O) groups excluding carboxylic acids is 1. The monoisotopic (exact) mass is 307 g/mol. The van der Waals surface area contributed by atoms with Crippen molar-refractivity contribution in [3.63, 3.8) is 0 Å². The number of carbonyl (C=O) groups is 1. The fourth-order valence-corrected chi connectivity index (χ4v) is 2.51. The lowest BCUT2D eigenvalue weighted by atomic mass is 10.1. The molecule has 0 aliphatic carbocycles. The molecule has 0 saturated heterocycles. The minimum atomic E-state index is -3.35. The van der Waals surface area contributed by atoms with Gasteiger partial charge in [0.2, 0.25) is 0 Å². The fourth-order valence-electron chi connectivity index (χ4n) is 1.87. The molecule has 0 atom stereocenters. The Bertz CT molecular complexity index is 779. The van der Waals surface area contributed by atoms with Crippen molar-refractivity contribution in [1.82, 2.24) is 10.2 Å². The molecule has 2 rings (SSSR count). The van der Waals surface area contributed by atoms with Crippen LogP contribution in [0.2, 0.25) is 0 Å². The number of aromatic amines is 1. The summed E-state index contributed by atoms with van der Waals surface area (Å²) in [6.45, 7) is 3.72. The van der Waals surface area contributed by atoms with Gasteiger partial charge in [0.25, 0.3) is 5.91 Å². The molecule has 0 radical (unpaired) electrons. The molecule has 0 fully saturated rings. The molecule has 0 saturated carbocycles. The molecule has 1 aromatic heterocycles. The van der Waals surface area contributed by atoms with E-state index in [1.165, 1.54) is 12.1 Å². The third-order valence-corrected chi connectivity index (χ3v) is 4.25. The first kappa shape index (κ1) is 15.2. The lowest BCUT2D eigenvalue weighted by Gasteiger charge is -2.07. The molecule has 0 unspecified atom stereocenters. The second-order valence-electron chi connectivity index (χ2n) is 4.83. The van der Waals surface area contributed by atoms with Gasteiger partial charge in [0.1, 0.15) is 0 Å². The molecule has 1 aromatic carbocycles. The molecule has 0 bridgehead atoms. The maximum Gasteiger partial charge on any atom is 0.257 e. The summed E-state index contributed by atoms with van der Waals surface area (Å²) in [6, 6.07) is 6.24. The summed E-state index contributed by atoms with van der Waals surface area (Å²) in [7, 11) is -3.35. The maximum atomic E-state index is 12.3. The van der Waals surface area contributed by atoms with Crippen molar-refractivity contribution in [2.45, 2.75) is 25.2 Å². The first-order valence-electron chi connectivity index (χ1n) is 6.47. The molecule has 2 N–H and O–H groups in total. The standard InChI is InChI=1S/C14H17N3O3S/c1-4-10-7-13(17-16-10)15-14(18)12-8-11(21(3,19)20)6-5-9(12)2/h5-8H,4H2,1-3H3,(H2,15,16,17,18). The second-order valence-corrected chi connectivity index (χ2v) is 6.85. The number of H-pyrrole nitrogens is 1. The summed E-state index contributed by atoms with van der Waals surface area (Å²) in [4.78, 5) is 12.4. The van der Waals surface area contributed by atoms with Crippen molar-refractivity contribution >= 4 is 21.6 Å². The maximum absolute atomic E-state index is 12.3. The molecule has 6 nitrogen and oxygen atoms in total. The van der Waals surface area contributed by atoms with Crippen LogP contribution in [0.1, 0.15) is 28.5 Å². The molecule has 7 heteroatoms. The first-order valence-corrected chi connectivity index (χ1v) is 8.36. The molecule has 112 valence electrons. The van der Waals surface area contributed by atoms with Crippen LogP contribution in [0.5, 0.6) is 0 Å². The number of hydrogen-bond donors (Lipinski definition) is 2. The van der Waals surface area contributed by atoms with E-state index in [4.69, 9.17) is 0 Å². The van der Waals surface area contributed by atoms with Gasteiger partial charge in [0, 0.05) is 23.6 Å². The molecule has 0 spiro atoms. The first-order chi connectivity index (χ1) is 9.81. The van der Waals surface area contributed by atoms with Crippen LogP contribution in [-0.2, 0) is 16.3 Å². The minimum Gasteiger partial charge on any atom is -0.305 e. The third-order valence-electron chi connectivity index (χ3n) is 3.14. The van der Waals surface area contributed by atoms with Gasteiger partial charge in [-0.25, -0.2) is 8.42 Å². The van der Waals surface area contributed by atoms with E-state index in [1.807, 2.05) is 6.92 Å². The van der Waals surface area contributed by atoms with Gasteiger partial charge in [-0.2, -0.15) is 5.10 Å². The Morgan fingerprint density at radius 3 is 2.62 bits per heavy atom. The predicted octanol–water partition coefficient (Wildman–Crippen LogP) is 1.94. The number of amides is 1. The second kappa shape index (κ2) is 5.69. The Morgan fingerprint density at radius 2 is 2.05 bits per heavy atom. The Balaban J connectivity index is 2.30. The zero-order valence-electron chi connectivity index (χ0n) is 12.1. The topological polar surface area (TPSA) is 91.9 Å². The molecule has 0 aliphatic rings. The average Bonchev–Trinajstić information content (AvgIpc) is 2.85. The predicted molar refractivity (Wildman–Crippen MR) is 80.2 cm³/mol. The lowest BCUT2D eigenvalue weighted by Crippen LogP contribution is -2.14. The van der Waals surface area contributed by atoms with Crippen LogP contribution in [0, 0.1) is 6.92 Å². The number of nitrogens with zero attached hydrogens (tertiary/aromatic N) is 1. The van der Waals surface area contributed by atoms with Crippen LogP contribution in [0.25, 0.3) is 0 Å². The van der Waals surface area contributed by atoms with E-state index in [9.17, 15) is 13.2 Å². The molecule has 1 amide bonds. The van der Waals surface area contributed by atoms with Crippen LogP contribution in [0.3, 0.4) is 0 Å². The highest BCUT2D eigenvalue weighted by atomic mass is 32.2. The summed E-state index contributed by atoms with van der Waals surface area (Å²) < 4.78 is 23.1. The van der Waals surface area contributed by atoms with Gasteiger partial charge in [0.15, 0.2) is 15.7 Å². The number of aryl methyl sites for hydroxylation is 2. The Labute approximate surface area is 123 Å². The summed E-state index contributed by atoms with van der Waals surface area (Å²) in [5, 5.41) is 9.44. The third kappa shape index (κ3) is 3.49. The zero-order chi connectivity index (χ0) is 15.6. The highest BCUT2D eigenvalue weighted by Crippen LogP contribution is 2.17. The van der Waals surface area contributed by atoms with E-state index in [2.05, 4.69) is 15.5 Å². The molecule has 1 heterocycles. The lowest BCUT2D eigenvalue weighted by molar-refractivity contribution is 0.102. The number of hydrogen-bond acceptors (Lipinski definition) is 4. The minimum absolute atomic E-state index is 0.120. The van der Waals surface area contributed by atoms with Gasteiger partial charge < -0.3 is 5.32 Å². The largest absolute Gasteiger partial charge is 0.305 e. The molecule has 2 aromatic rings. The van der Waals surface area contributed by atoms with Crippen molar-refractivity contribution in [3.8, 4) is 0 Å². The highest BCUT2D eigenvalue weighted by Gasteiger charge is 2.15. The van der Waals surface area contributed by atoms with Gasteiger partial charge in [-0.15, -0.1) is 0 Å². The Kier molecular flexibility index (Phi) is 4.13. The summed E-state index contributed by atoms with van der Waals surface area (Å²) in [6.07, 6.45) is 1.89. The number of rotatable bonds is 4. The van der Waals surface area contributed by atoms with Crippen molar-refractivity contribution in [3.05, 3.63) is 41.1 Å². The molecular formula is C14H17N3O3S. The van der Waals surface area contributed by atoms with Gasteiger partial charge in [-0.05, 0) is 31.0 Å². The van der Waals surface area contributed by atoms with E-state index in [1.54, 1.807) is 19.1 Å². The van der Waals surface area contributed by atoms with Crippen molar-refractivity contribution in [2.24, 2.45) is 0 Å². The molecule has 21 heavy (non-hydrogen) atoms. The van der Waals surface area contributed by atoms with E-state index in [0.717, 1.165) is 18.4 Å². The average molecular weight is 307 g/mol. The normalized spacial score (nSPS) is 11.4. The quantitative estimate of drug-likeness (QED) is 0.903. The summed E-state index contributed by atoms with van der Waals surface area (Å²) in [5.74, 6) is 0.0353. The fraction of sp³-hybridized carbons (Fsp3) is 0.286. The van der Waals surface area contributed by atoms with Gasteiger partial charge >= 0.3 is 0 Å². The van der Waals surface area contributed by atoms with Gasteiger partial charge in [0.05, 0.1) is 4.90 Å². The van der Waals surface area contributed by atoms with Crippen LogP contribution in [-0.4, -0.2) is 30.8 Å². The summed E-state index contributed by atoms with van der Waals surface area (Å²) in [5.41, 5.74) is 1.93. The smallest absolute Gasteiger partial charge is 0.257 e. The highest BCUT2D eigenvalue weighted by molar-refractivity contribution is 7.90. The van der Waals surface area contributed by atoms with Gasteiger partial charge in [-0.3, -0.25) is 9.89 Å². The number of benzene rings is 1. The SMILES string of the molecule is CCc1cc(NC(=O)c2cc(S(C)(=O)=O)ccc2C)n[nH]1. The number of anilines is 1. The van der Waals surface area contributed by atoms with Crippen LogP contribution in [0.4, 0.5) is 5.82 Å². The summed E-state index contributed by atoms with van der Waals surface area (Å²) >= 11 is 0. The zero-order valence-corrected chi connectivity index (χ0v) is 12.9. The van der Waals surface area contributed by atoms with E-state index in [0.29, 0.717) is 16.9 Å². The van der Waals surface area contributed by atoms with Crippen molar-refractivity contribution in [1.29, 1.82) is 0 Å². The van der Waals surface area contributed by atoms with Gasteiger partial charge in [-0.1, -0.05) is 13.0 Å². The van der Waals surface area contributed by atoms with Crippen LogP contribution in [0.15, 0.2) is 29.2 Å².